The minimum Gasteiger partial charge on any atom is -0.497 e. The lowest BCUT2D eigenvalue weighted by molar-refractivity contribution is -0.146. The lowest BCUT2D eigenvalue weighted by Crippen LogP contribution is -2.45. The standard InChI is InChI=1S/C30H37NO3/c1-21-8-7-15-30(2)17-28-25(16-27(21)30)26(29(32)34-28)20-31(18-22-9-5-4-6-10-22)19-23-11-13-24(33-3)14-12-23/h4-6,9-14,25-28H,1,7-8,15-20H2,2-3H3/t25-,26-,27+,28-,30-/m1/s1. The van der Waals surface area contributed by atoms with Crippen molar-refractivity contribution < 1.29 is 14.3 Å². The summed E-state index contributed by atoms with van der Waals surface area (Å²) < 4.78 is 11.4. The van der Waals surface area contributed by atoms with E-state index in [-0.39, 0.29) is 29.3 Å². The van der Waals surface area contributed by atoms with Crippen LogP contribution in [0.5, 0.6) is 5.75 Å². The van der Waals surface area contributed by atoms with Crippen LogP contribution in [0, 0.1) is 23.2 Å². The molecule has 0 unspecified atom stereocenters. The van der Waals surface area contributed by atoms with Crippen molar-refractivity contribution in [1.82, 2.24) is 4.90 Å². The summed E-state index contributed by atoms with van der Waals surface area (Å²) in [5, 5.41) is 0. The Morgan fingerprint density at radius 2 is 1.79 bits per heavy atom. The van der Waals surface area contributed by atoms with Gasteiger partial charge in [0.2, 0.25) is 0 Å². The van der Waals surface area contributed by atoms with Crippen molar-refractivity contribution in [2.75, 3.05) is 13.7 Å². The van der Waals surface area contributed by atoms with Gasteiger partial charge in [-0.1, -0.05) is 61.5 Å². The largest absolute Gasteiger partial charge is 0.497 e. The summed E-state index contributed by atoms with van der Waals surface area (Å²) in [4.78, 5) is 15.6. The van der Waals surface area contributed by atoms with E-state index < -0.39 is 0 Å². The van der Waals surface area contributed by atoms with E-state index in [0.717, 1.165) is 44.6 Å². The predicted molar refractivity (Wildman–Crippen MR) is 134 cm³/mol. The fourth-order valence-corrected chi connectivity index (χ4v) is 6.76. The molecule has 0 amide bonds. The number of esters is 1. The van der Waals surface area contributed by atoms with Crippen molar-refractivity contribution in [3.05, 3.63) is 77.9 Å². The number of carbonyl (C=O) groups excluding carboxylic acids is 1. The minimum absolute atomic E-state index is 0.00403. The maximum atomic E-state index is 13.2. The Balaban J connectivity index is 1.36. The molecular formula is C30H37NO3. The van der Waals surface area contributed by atoms with Gasteiger partial charge < -0.3 is 9.47 Å². The first-order chi connectivity index (χ1) is 16.4. The van der Waals surface area contributed by atoms with E-state index in [9.17, 15) is 4.79 Å². The van der Waals surface area contributed by atoms with E-state index in [4.69, 9.17) is 9.47 Å². The monoisotopic (exact) mass is 459 g/mol. The molecule has 2 aliphatic carbocycles. The SMILES string of the molecule is C=C1CCC[C@]2(C)C[C@H]3OC(=O)[C@H](CN(Cc4ccccc4)Cc4ccc(OC)cc4)[C@H]3C[C@@H]12. The van der Waals surface area contributed by atoms with Crippen molar-refractivity contribution in [3.63, 3.8) is 0 Å². The number of benzene rings is 2. The Morgan fingerprint density at radius 3 is 2.50 bits per heavy atom. The van der Waals surface area contributed by atoms with E-state index in [0.29, 0.717) is 5.92 Å². The van der Waals surface area contributed by atoms with Crippen LogP contribution in [0.4, 0.5) is 0 Å². The van der Waals surface area contributed by atoms with Gasteiger partial charge in [-0.15, -0.1) is 0 Å². The number of nitrogens with zero attached hydrogens (tertiary/aromatic N) is 1. The van der Waals surface area contributed by atoms with E-state index in [2.05, 4.69) is 54.8 Å². The van der Waals surface area contributed by atoms with Crippen LogP contribution in [0.25, 0.3) is 0 Å². The molecule has 0 N–H and O–H groups in total. The van der Waals surface area contributed by atoms with Crippen molar-refractivity contribution in [3.8, 4) is 5.75 Å². The van der Waals surface area contributed by atoms with Gasteiger partial charge in [0, 0.05) is 25.6 Å². The molecule has 1 heterocycles. The Kier molecular flexibility index (Phi) is 6.52. The highest BCUT2D eigenvalue weighted by Gasteiger charge is 2.55. The molecule has 5 atom stereocenters. The van der Waals surface area contributed by atoms with Crippen molar-refractivity contribution in [2.45, 2.75) is 58.2 Å². The predicted octanol–water partition coefficient (Wildman–Crippen LogP) is 6.01. The van der Waals surface area contributed by atoms with Gasteiger partial charge in [-0.2, -0.15) is 0 Å². The highest BCUT2D eigenvalue weighted by atomic mass is 16.6. The highest BCUT2D eigenvalue weighted by molar-refractivity contribution is 5.75. The molecule has 2 aromatic rings. The molecule has 0 bridgehead atoms. The average molecular weight is 460 g/mol. The second-order valence-electron chi connectivity index (χ2n) is 10.9. The second-order valence-corrected chi connectivity index (χ2v) is 10.9. The number of allylic oxidation sites excluding steroid dienone is 1. The number of carbonyl (C=O) groups is 1. The van der Waals surface area contributed by atoms with Crippen LogP contribution >= 0.6 is 0 Å². The molecule has 3 aliphatic rings. The average Bonchev–Trinajstić information content (AvgIpc) is 3.12. The molecule has 0 aromatic heterocycles. The number of rotatable bonds is 7. The summed E-state index contributed by atoms with van der Waals surface area (Å²) in [7, 11) is 1.69. The lowest BCUT2D eigenvalue weighted by Gasteiger charge is -2.50. The second kappa shape index (κ2) is 9.58. The van der Waals surface area contributed by atoms with Gasteiger partial charge in [0.15, 0.2) is 0 Å². The Morgan fingerprint density at radius 1 is 1.09 bits per heavy atom. The van der Waals surface area contributed by atoms with Crippen molar-refractivity contribution in [2.24, 2.45) is 23.2 Å². The summed E-state index contributed by atoms with van der Waals surface area (Å²) in [6.07, 6.45) is 5.66. The molecular weight excluding hydrogens is 422 g/mol. The van der Waals surface area contributed by atoms with Gasteiger partial charge in [0.05, 0.1) is 13.0 Å². The van der Waals surface area contributed by atoms with Crippen LogP contribution in [0.3, 0.4) is 0 Å². The summed E-state index contributed by atoms with van der Waals surface area (Å²) in [6.45, 7) is 9.15. The summed E-state index contributed by atoms with van der Waals surface area (Å²) in [6, 6.07) is 18.8. The van der Waals surface area contributed by atoms with Crippen LogP contribution in [-0.2, 0) is 22.6 Å². The van der Waals surface area contributed by atoms with Gasteiger partial charge in [0.1, 0.15) is 11.9 Å². The van der Waals surface area contributed by atoms with Gasteiger partial charge in [-0.3, -0.25) is 9.69 Å². The first-order valence-electron chi connectivity index (χ1n) is 12.7. The molecule has 2 aromatic carbocycles. The van der Waals surface area contributed by atoms with Crippen molar-refractivity contribution >= 4 is 5.97 Å². The topological polar surface area (TPSA) is 38.8 Å². The molecule has 3 fully saturated rings. The van der Waals surface area contributed by atoms with Gasteiger partial charge in [0.25, 0.3) is 0 Å². The van der Waals surface area contributed by atoms with Crippen LogP contribution in [0.1, 0.15) is 50.2 Å². The number of ether oxygens (including phenoxy) is 2. The quantitative estimate of drug-likeness (QED) is 0.375. The first-order valence-corrected chi connectivity index (χ1v) is 12.7. The molecule has 4 heteroatoms. The molecule has 4 nitrogen and oxygen atoms in total. The third-order valence-electron chi connectivity index (χ3n) is 8.59. The van der Waals surface area contributed by atoms with E-state index in [1.165, 1.54) is 29.5 Å². The molecule has 5 rings (SSSR count). The maximum Gasteiger partial charge on any atom is 0.310 e. The van der Waals surface area contributed by atoms with Gasteiger partial charge in [-0.05, 0) is 66.7 Å². The van der Waals surface area contributed by atoms with E-state index in [1.807, 2.05) is 18.2 Å². The van der Waals surface area contributed by atoms with Crippen LogP contribution in [-0.4, -0.2) is 30.6 Å². The zero-order valence-corrected chi connectivity index (χ0v) is 20.5. The van der Waals surface area contributed by atoms with Crippen LogP contribution in [0.15, 0.2) is 66.7 Å². The molecule has 34 heavy (non-hydrogen) atoms. The Labute approximate surface area is 203 Å². The lowest BCUT2D eigenvalue weighted by atomic mass is 9.55. The van der Waals surface area contributed by atoms with E-state index in [1.54, 1.807) is 7.11 Å². The van der Waals surface area contributed by atoms with Gasteiger partial charge in [-0.25, -0.2) is 0 Å². The molecule has 180 valence electrons. The molecule has 1 saturated heterocycles. The fraction of sp³-hybridized carbons (Fsp3) is 0.500. The number of hydrogen-bond donors (Lipinski definition) is 0. The number of fused-ring (bicyclic) bond motifs is 2. The van der Waals surface area contributed by atoms with Gasteiger partial charge >= 0.3 is 5.97 Å². The molecule has 0 spiro atoms. The van der Waals surface area contributed by atoms with Crippen LogP contribution in [0.2, 0.25) is 0 Å². The van der Waals surface area contributed by atoms with Crippen LogP contribution < -0.4 is 4.74 Å². The minimum atomic E-state index is -0.0776. The fourth-order valence-electron chi connectivity index (χ4n) is 6.76. The van der Waals surface area contributed by atoms with Crippen molar-refractivity contribution in [1.29, 1.82) is 0 Å². The summed E-state index contributed by atoms with van der Waals surface area (Å²) in [5.41, 5.74) is 4.11. The summed E-state index contributed by atoms with van der Waals surface area (Å²) >= 11 is 0. The highest BCUT2D eigenvalue weighted by Crippen LogP contribution is 2.57. The summed E-state index contributed by atoms with van der Waals surface area (Å²) in [5.74, 6) is 1.58. The first kappa shape index (κ1) is 23.2. The normalized spacial score (nSPS) is 30.6. The third-order valence-corrected chi connectivity index (χ3v) is 8.59. The zero-order chi connectivity index (χ0) is 23.7. The third kappa shape index (κ3) is 4.65. The molecule has 0 radical (unpaired) electrons. The number of hydrogen-bond acceptors (Lipinski definition) is 4. The zero-order valence-electron chi connectivity index (χ0n) is 20.5. The molecule has 1 aliphatic heterocycles. The number of methoxy groups -OCH3 is 1. The smallest absolute Gasteiger partial charge is 0.310 e. The van der Waals surface area contributed by atoms with E-state index >= 15 is 0 Å². The molecule has 2 saturated carbocycles. The maximum absolute atomic E-state index is 13.2. The Bertz CT molecular complexity index is 1020. The Hall–Kier alpha value is -2.59.